The summed E-state index contributed by atoms with van der Waals surface area (Å²) in [7, 11) is 3.01. The lowest BCUT2D eigenvalue weighted by atomic mass is 9.92. The molecule has 2 aromatic heterocycles. The van der Waals surface area contributed by atoms with Gasteiger partial charge in [0.15, 0.2) is 11.8 Å². The summed E-state index contributed by atoms with van der Waals surface area (Å²) in [6, 6.07) is 1.41. The molecular formula is C23H30IN5O9. The molecule has 0 saturated carbocycles. The minimum Gasteiger partial charge on any atom is -0.479 e. The van der Waals surface area contributed by atoms with Crippen molar-refractivity contribution < 1.29 is 44.3 Å². The molecule has 3 heterocycles. The summed E-state index contributed by atoms with van der Waals surface area (Å²) < 4.78 is 15.5. The van der Waals surface area contributed by atoms with Gasteiger partial charge in [-0.05, 0) is 13.0 Å². The predicted octanol–water partition coefficient (Wildman–Crippen LogP) is -0.219. The van der Waals surface area contributed by atoms with Gasteiger partial charge in [0.25, 0.3) is 0 Å². The molecule has 6 atom stereocenters. The summed E-state index contributed by atoms with van der Waals surface area (Å²) >= 11 is -0.365. The highest BCUT2D eigenvalue weighted by molar-refractivity contribution is 14.2. The average molecular weight is 647 g/mol. The van der Waals surface area contributed by atoms with Gasteiger partial charge in [-0.3, -0.25) is 4.57 Å². The van der Waals surface area contributed by atoms with Gasteiger partial charge in [0.2, 0.25) is 0 Å². The van der Waals surface area contributed by atoms with Gasteiger partial charge in [0.05, 0.1) is 5.69 Å². The Hall–Kier alpha value is -2.95. The second-order valence-corrected chi connectivity index (χ2v) is 11.0. The Morgan fingerprint density at radius 2 is 1.87 bits per heavy atom. The zero-order chi connectivity index (χ0) is 28.1. The second kappa shape index (κ2) is 12.7. The van der Waals surface area contributed by atoms with E-state index >= 15 is 0 Å². The molecule has 0 aromatic carbocycles. The van der Waals surface area contributed by atoms with E-state index in [0.717, 1.165) is 15.5 Å². The van der Waals surface area contributed by atoms with Crippen LogP contribution in [0.4, 0.5) is 9.59 Å². The quantitative estimate of drug-likeness (QED) is 0.219. The predicted molar refractivity (Wildman–Crippen MR) is 142 cm³/mol. The Labute approximate surface area is 227 Å². The van der Waals surface area contributed by atoms with Gasteiger partial charge in [0.1, 0.15) is 36.8 Å². The van der Waals surface area contributed by atoms with Crippen LogP contribution >= 0.6 is 20.7 Å². The Morgan fingerprint density at radius 3 is 2.53 bits per heavy atom. The van der Waals surface area contributed by atoms with E-state index in [1.54, 1.807) is 19.3 Å². The third kappa shape index (κ3) is 6.36. The number of carboxylic acids is 1. The lowest BCUT2D eigenvalue weighted by molar-refractivity contribution is -0.243. The summed E-state index contributed by atoms with van der Waals surface area (Å²) in [6.45, 7) is 5.22. The molecule has 0 bridgehead atoms. The number of hydrogen-bond acceptors (Lipinski definition) is 10. The van der Waals surface area contributed by atoms with Crippen molar-refractivity contribution in [2.24, 2.45) is 0 Å². The molecule has 15 heteroatoms. The molecule has 1 saturated heterocycles. The first-order valence-corrected chi connectivity index (χ1v) is 14.1. The molecule has 2 aromatic rings. The highest BCUT2D eigenvalue weighted by Gasteiger charge is 2.49. The van der Waals surface area contributed by atoms with Gasteiger partial charge in [-0.2, -0.15) is 0 Å². The molecule has 1 fully saturated rings. The van der Waals surface area contributed by atoms with Gasteiger partial charge in [-0.15, -0.1) is 0 Å². The number of aliphatic carboxylic acids is 1. The lowest BCUT2D eigenvalue weighted by Crippen LogP contribution is -2.62. The molecular weight excluding hydrogens is 617 g/mol. The fraction of sp³-hybridized carbons (Fsp3) is 0.522. The largest absolute Gasteiger partial charge is 0.479 e. The molecule has 2 amide bonds. The van der Waals surface area contributed by atoms with Gasteiger partial charge < -0.3 is 39.7 Å². The fourth-order valence-electron chi connectivity index (χ4n) is 3.86. The summed E-state index contributed by atoms with van der Waals surface area (Å²) in [4.78, 5) is 48.0. The van der Waals surface area contributed by atoms with Crippen molar-refractivity contribution in [1.82, 2.24) is 24.3 Å². The van der Waals surface area contributed by atoms with E-state index in [1.807, 2.05) is 0 Å². The standard InChI is InChI=1S/C23H30IN5O9/c1-5-24-10-14-13-6-7-29(20(13)26-11-25-14)22(35)27(3)8-9-28(4)23(36)37-12(2)18-16(31)15(30)17(32)19(38-18)21(33)34/h6-7,11-12,15-19,30-32H,1,8-10H2,2-4H3,(H,33,34)/t12?,15-,16-,17+,18?,19+/m1/s1. The van der Waals surface area contributed by atoms with E-state index in [9.17, 15) is 34.8 Å². The number of hydrogen-bond donors (Lipinski definition) is 4. The minimum atomic E-state index is -1.85. The molecule has 4 N–H and O–H groups in total. The number of ether oxygens (including phenoxy) is 2. The molecule has 208 valence electrons. The van der Waals surface area contributed by atoms with E-state index in [0.29, 0.717) is 5.65 Å². The zero-order valence-electron chi connectivity index (χ0n) is 21.0. The normalized spacial score (nSPS) is 23.9. The molecule has 0 radical (unpaired) electrons. The van der Waals surface area contributed by atoms with Gasteiger partial charge in [-0.1, -0.05) is 31.0 Å². The lowest BCUT2D eigenvalue weighted by Gasteiger charge is -2.41. The van der Waals surface area contributed by atoms with Crippen molar-refractivity contribution in [2.45, 2.75) is 48.0 Å². The summed E-state index contributed by atoms with van der Waals surface area (Å²) in [5.41, 5.74) is 1.30. The SMILES string of the molecule is C=C=ICc1ncnc2c1ccn2C(=O)N(C)CCN(C)C(=O)OC(C)C1O[C@H](C(=O)O)[C@@H](O)[C@H](O)[C@H]1O. The number of halogens is 1. The van der Waals surface area contributed by atoms with Crippen LogP contribution in [0, 0.1) is 0 Å². The Balaban J connectivity index is 1.58. The highest BCUT2D eigenvalue weighted by atomic mass is 127. The van der Waals surface area contributed by atoms with Crippen molar-refractivity contribution in [3.63, 3.8) is 0 Å². The van der Waals surface area contributed by atoms with Crippen LogP contribution in [0.1, 0.15) is 12.6 Å². The maximum absolute atomic E-state index is 13.0. The average Bonchev–Trinajstić information content (AvgIpc) is 3.33. The van der Waals surface area contributed by atoms with Crippen LogP contribution in [0.15, 0.2) is 25.2 Å². The number of aliphatic hydroxyl groups is 3. The van der Waals surface area contributed by atoms with Gasteiger partial charge in [-0.25, -0.2) is 24.4 Å². The third-order valence-corrected chi connectivity index (χ3v) is 7.75. The van der Waals surface area contributed by atoms with Crippen molar-refractivity contribution in [1.29, 1.82) is 0 Å². The Kier molecular flexibility index (Phi) is 9.92. The zero-order valence-corrected chi connectivity index (χ0v) is 23.1. The molecule has 2 unspecified atom stereocenters. The first kappa shape index (κ1) is 29.6. The van der Waals surface area contributed by atoms with Crippen molar-refractivity contribution >= 4 is 53.5 Å². The molecule has 14 nitrogen and oxygen atoms in total. The smallest absolute Gasteiger partial charge is 0.409 e. The summed E-state index contributed by atoms with van der Waals surface area (Å²) in [5, 5.41) is 39.9. The number of carbonyl (C=O) groups is 3. The first-order chi connectivity index (χ1) is 18.0. The number of aromatic nitrogens is 3. The van der Waals surface area contributed by atoms with E-state index in [1.165, 1.54) is 34.7 Å². The first-order valence-electron chi connectivity index (χ1n) is 11.5. The molecule has 38 heavy (non-hydrogen) atoms. The number of rotatable bonds is 8. The van der Waals surface area contributed by atoms with Crippen LogP contribution in [0.25, 0.3) is 11.0 Å². The highest BCUT2D eigenvalue weighted by Crippen LogP contribution is 2.25. The van der Waals surface area contributed by atoms with Crippen molar-refractivity contribution in [3.05, 3.63) is 30.9 Å². The molecule has 3 rings (SSSR count). The number of nitrogens with zero attached hydrogens (tertiary/aromatic N) is 5. The number of amides is 2. The van der Waals surface area contributed by atoms with Crippen LogP contribution in [0.3, 0.4) is 0 Å². The number of carboxylic acid groups (broad SMARTS) is 1. The fourth-order valence-corrected chi connectivity index (χ4v) is 5.10. The van der Waals surface area contributed by atoms with Crippen LogP contribution in [-0.4, -0.2) is 130 Å². The van der Waals surface area contributed by atoms with Gasteiger partial charge >= 0.3 is 18.1 Å². The second-order valence-electron chi connectivity index (χ2n) is 8.69. The van der Waals surface area contributed by atoms with E-state index < -0.39 is 48.7 Å². The number of fused-ring (bicyclic) bond motifs is 1. The van der Waals surface area contributed by atoms with Gasteiger partial charge in [0, 0.05) is 43.2 Å². The number of alkyl halides is 1. The molecule has 0 aliphatic carbocycles. The summed E-state index contributed by atoms with van der Waals surface area (Å²) in [5.74, 6) is -1.54. The van der Waals surface area contributed by atoms with Crippen LogP contribution in [-0.2, 0) is 18.7 Å². The van der Waals surface area contributed by atoms with E-state index in [2.05, 4.69) is 20.2 Å². The van der Waals surface area contributed by atoms with Crippen molar-refractivity contribution in [3.8, 4) is 0 Å². The number of aliphatic hydroxyl groups excluding tert-OH is 3. The van der Waals surface area contributed by atoms with E-state index in [4.69, 9.17) is 9.47 Å². The number of likely N-dealkylation sites (N-methyl/N-ethyl adjacent to an activating group) is 2. The van der Waals surface area contributed by atoms with Crippen LogP contribution < -0.4 is 0 Å². The minimum absolute atomic E-state index is 0.0833. The van der Waals surface area contributed by atoms with Crippen molar-refractivity contribution in [2.75, 3.05) is 27.2 Å². The van der Waals surface area contributed by atoms with Crippen LogP contribution in [0.2, 0.25) is 0 Å². The molecule has 0 spiro atoms. The third-order valence-electron chi connectivity index (χ3n) is 6.11. The van der Waals surface area contributed by atoms with E-state index in [-0.39, 0.29) is 39.9 Å². The maximum Gasteiger partial charge on any atom is 0.409 e. The Morgan fingerprint density at radius 1 is 1.18 bits per heavy atom. The summed E-state index contributed by atoms with van der Waals surface area (Å²) in [6.07, 6.45) is -7.50. The molecule has 1 aliphatic heterocycles. The topological polar surface area (TPSA) is 188 Å². The van der Waals surface area contributed by atoms with Crippen LogP contribution in [0.5, 0.6) is 0 Å². The number of carbonyl (C=O) groups excluding carboxylic acids is 2. The maximum atomic E-state index is 13.0. The Bertz CT molecular complexity index is 1230. The monoisotopic (exact) mass is 647 g/mol. The molecule has 1 aliphatic rings.